The second kappa shape index (κ2) is 6.55. The van der Waals surface area contributed by atoms with E-state index in [1.165, 1.54) is 0 Å². The molecule has 0 aliphatic carbocycles. The summed E-state index contributed by atoms with van der Waals surface area (Å²) in [6.45, 7) is 0.553. The number of ether oxygens (including phenoxy) is 1. The van der Waals surface area contributed by atoms with Crippen molar-refractivity contribution in [1.29, 1.82) is 0 Å². The van der Waals surface area contributed by atoms with Gasteiger partial charge in [0.1, 0.15) is 0 Å². The van der Waals surface area contributed by atoms with Gasteiger partial charge < -0.3 is 9.84 Å². The van der Waals surface area contributed by atoms with Gasteiger partial charge in [-0.05, 0) is 29.1 Å². The first-order valence-corrected chi connectivity index (χ1v) is 8.96. The largest absolute Gasteiger partial charge is 0.387 e. The number of methoxy groups -OCH3 is 1. The van der Waals surface area contributed by atoms with Crippen LogP contribution >= 0.6 is 11.3 Å². The van der Waals surface area contributed by atoms with Crippen molar-refractivity contribution in [1.82, 2.24) is 14.8 Å². The molecule has 1 aromatic carbocycles. The van der Waals surface area contributed by atoms with Gasteiger partial charge in [-0.3, -0.25) is 4.68 Å². The molecule has 6 heteroatoms. The number of hydrogen-bond acceptors (Lipinski definition) is 5. The molecule has 0 aliphatic rings. The summed E-state index contributed by atoms with van der Waals surface area (Å²) in [6, 6.07) is 10.5. The van der Waals surface area contributed by atoms with E-state index in [0.717, 1.165) is 37.1 Å². The Labute approximate surface area is 149 Å². The zero-order chi connectivity index (χ0) is 17.4. The average molecular weight is 353 g/mol. The maximum Gasteiger partial charge on any atom is 0.181 e. The van der Waals surface area contributed by atoms with Crippen LogP contribution in [0, 0.1) is 0 Å². The Balaban J connectivity index is 1.69. The molecule has 0 aliphatic heterocycles. The van der Waals surface area contributed by atoms with Crippen molar-refractivity contribution >= 4 is 32.5 Å². The van der Waals surface area contributed by atoms with E-state index < -0.39 is 6.10 Å². The van der Waals surface area contributed by atoms with Gasteiger partial charge in [0, 0.05) is 60.1 Å². The molecule has 4 aromatic rings. The highest BCUT2D eigenvalue weighted by molar-refractivity contribution is 7.19. The van der Waals surface area contributed by atoms with E-state index in [1.807, 2.05) is 19.4 Å². The van der Waals surface area contributed by atoms with Gasteiger partial charge in [0.15, 0.2) is 5.65 Å². The van der Waals surface area contributed by atoms with Gasteiger partial charge in [0.25, 0.3) is 0 Å². The highest BCUT2D eigenvalue weighted by atomic mass is 32.1. The summed E-state index contributed by atoms with van der Waals surface area (Å²) in [6.07, 6.45) is 3.96. The van der Waals surface area contributed by atoms with Gasteiger partial charge >= 0.3 is 0 Å². The molecular weight excluding hydrogens is 334 g/mol. The standard InChI is InChI=1S/C19H19N3O2S/c1-22-11-15-7-14(10-20-19(15)21-22)12-3-4-13-9-18(25-17(13)8-12)16(23)5-6-24-2/h3-4,7-11,16,23H,5-6H2,1-2H3/t16-/m0/s1. The summed E-state index contributed by atoms with van der Waals surface area (Å²) in [7, 11) is 3.55. The van der Waals surface area contributed by atoms with Crippen LogP contribution in [0.15, 0.2) is 42.7 Å². The van der Waals surface area contributed by atoms with Gasteiger partial charge in [0.05, 0.1) is 6.10 Å². The van der Waals surface area contributed by atoms with Crippen LogP contribution < -0.4 is 0 Å². The minimum atomic E-state index is -0.478. The molecule has 3 heterocycles. The van der Waals surface area contributed by atoms with E-state index in [1.54, 1.807) is 23.1 Å². The third kappa shape index (κ3) is 3.16. The summed E-state index contributed by atoms with van der Waals surface area (Å²) in [4.78, 5) is 5.42. The number of nitrogens with zero attached hydrogens (tertiary/aromatic N) is 3. The maximum absolute atomic E-state index is 10.3. The van der Waals surface area contributed by atoms with Crippen LogP contribution in [0.25, 0.3) is 32.2 Å². The number of aryl methyl sites for hydroxylation is 1. The lowest BCUT2D eigenvalue weighted by Crippen LogP contribution is -1.99. The highest BCUT2D eigenvalue weighted by Crippen LogP contribution is 2.34. The normalized spacial score (nSPS) is 12.9. The SMILES string of the molecule is COCC[C@H](O)c1cc2ccc(-c3cnc4nn(C)cc4c3)cc2s1. The first-order chi connectivity index (χ1) is 12.1. The van der Waals surface area contributed by atoms with E-state index in [-0.39, 0.29) is 0 Å². The predicted molar refractivity (Wildman–Crippen MR) is 101 cm³/mol. The Morgan fingerprint density at radius 2 is 2.08 bits per heavy atom. The quantitative estimate of drug-likeness (QED) is 0.591. The fourth-order valence-corrected chi connectivity index (χ4v) is 4.08. The molecule has 4 rings (SSSR count). The van der Waals surface area contributed by atoms with E-state index >= 15 is 0 Å². The molecule has 0 amide bonds. The van der Waals surface area contributed by atoms with Crippen molar-refractivity contribution in [3.63, 3.8) is 0 Å². The van der Waals surface area contributed by atoms with Crippen LogP contribution in [0.1, 0.15) is 17.4 Å². The monoisotopic (exact) mass is 353 g/mol. The number of aromatic nitrogens is 3. The minimum absolute atomic E-state index is 0.478. The topological polar surface area (TPSA) is 60.2 Å². The minimum Gasteiger partial charge on any atom is -0.387 e. The van der Waals surface area contributed by atoms with Crippen molar-refractivity contribution in [2.45, 2.75) is 12.5 Å². The number of benzene rings is 1. The molecule has 128 valence electrons. The highest BCUT2D eigenvalue weighted by Gasteiger charge is 2.12. The Morgan fingerprint density at radius 1 is 1.20 bits per heavy atom. The number of rotatable bonds is 5. The first kappa shape index (κ1) is 16.2. The summed E-state index contributed by atoms with van der Waals surface area (Å²) in [5, 5.41) is 16.8. The van der Waals surface area contributed by atoms with Crippen LogP contribution in [-0.2, 0) is 11.8 Å². The molecule has 0 fully saturated rings. The van der Waals surface area contributed by atoms with Crippen LogP contribution in [0.2, 0.25) is 0 Å². The fourth-order valence-electron chi connectivity index (χ4n) is 2.96. The fraction of sp³-hybridized carbons (Fsp3) is 0.263. The van der Waals surface area contributed by atoms with Crippen molar-refractivity contribution < 1.29 is 9.84 Å². The molecule has 25 heavy (non-hydrogen) atoms. The van der Waals surface area contributed by atoms with E-state index in [2.05, 4.69) is 40.4 Å². The van der Waals surface area contributed by atoms with Gasteiger partial charge in [-0.25, -0.2) is 4.98 Å². The zero-order valence-corrected chi connectivity index (χ0v) is 15.0. The molecular formula is C19H19N3O2S. The maximum atomic E-state index is 10.3. The van der Waals surface area contributed by atoms with Crippen molar-refractivity contribution in [3.05, 3.63) is 47.6 Å². The van der Waals surface area contributed by atoms with Crippen LogP contribution in [0.4, 0.5) is 0 Å². The number of pyridine rings is 1. The Bertz CT molecular complexity index is 1040. The van der Waals surface area contributed by atoms with E-state index in [9.17, 15) is 5.11 Å². The predicted octanol–water partition coefficient (Wildman–Crippen LogP) is 3.92. The number of hydrogen-bond donors (Lipinski definition) is 1. The average Bonchev–Trinajstić information content (AvgIpc) is 3.20. The summed E-state index contributed by atoms with van der Waals surface area (Å²) >= 11 is 1.63. The van der Waals surface area contributed by atoms with Gasteiger partial charge in [0.2, 0.25) is 0 Å². The smallest absolute Gasteiger partial charge is 0.181 e. The number of aliphatic hydroxyl groups excluding tert-OH is 1. The zero-order valence-electron chi connectivity index (χ0n) is 14.1. The number of fused-ring (bicyclic) bond motifs is 2. The molecule has 3 aromatic heterocycles. The third-order valence-electron chi connectivity index (χ3n) is 4.27. The van der Waals surface area contributed by atoms with Crippen LogP contribution in [-0.4, -0.2) is 33.6 Å². The van der Waals surface area contributed by atoms with Crippen LogP contribution in [0.5, 0.6) is 0 Å². The second-order valence-corrected chi connectivity index (χ2v) is 7.25. The first-order valence-electron chi connectivity index (χ1n) is 8.14. The van der Waals surface area contributed by atoms with Gasteiger partial charge in [-0.2, -0.15) is 5.10 Å². The molecule has 0 radical (unpaired) electrons. The molecule has 0 spiro atoms. The molecule has 0 saturated heterocycles. The van der Waals surface area contributed by atoms with E-state index in [0.29, 0.717) is 13.0 Å². The van der Waals surface area contributed by atoms with Gasteiger partial charge in [-0.1, -0.05) is 12.1 Å². The van der Waals surface area contributed by atoms with Crippen molar-refractivity contribution in [3.8, 4) is 11.1 Å². The lowest BCUT2D eigenvalue weighted by Gasteiger charge is -2.06. The van der Waals surface area contributed by atoms with Crippen molar-refractivity contribution in [2.24, 2.45) is 7.05 Å². The second-order valence-electron chi connectivity index (χ2n) is 6.14. The summed E-state index contributed by atoms with van der Waals surface area (Å²) < 4.78 is 7.99. The molecule has 5 nitrogen and oxygen atoms in total. The summed E-state index contributed by atoms with van der Waals surface area (Å²) in [5.74, 6) is 0. The molecule has 0 unspecified atom stereocenters. The van der Waals surface area contributed by atoms with Gasteiger partial charge in [-0.15, -0.1) is 11.3 Å². The Kier molecular flexibility index (Phi) is 4.25. The molecule has 1 N–H and O–H groups in total. The third-order valence-corrected chi connectivity index (χ3v) is 5.47. The molecule has 0 saturated carbocycles. The molecule has 0 bridgehead atoms. The Hall–Kier alpha value is -2.28. The lowest BCUT2D eigenvalue weighted by molar-refractivity contribution is 0.113. The number of aliphatic hydroxyl groups is 1. The van der Waals surface area contributed by atoms with Crippen molar-refractivity contribution in [2.75, 3.05) is 13.7 Å². The van der Waals surface area contributed by atoms with E-state index in [4.69, 9.17) is 4.74 Å². The number of thiophene rings is 1. The Morgan fingerprint density at radius 3 is 2.92 bits per heavy atom. The lowest BCUT2D eigenvalue weighted by atomic mass is 10.1. The summed E-state index contributed by atoms with van der Waals surface area (Å²) in [5.41, 5.74) is 2.94. The van der Waals surface area contributed by atoms with Crippen LogP contribution in [0.3, 0.4) is 0 Å². The molecule has 1 atom stereocenters.